The van der Waals surface area contributed by atoms with Crippen molar-refractivity contribution in [3.8, 4) is 0 Å². The minimum atomic E-state index is -4.02. The van der Waals surface area contributed by atoms with Gasteiger partial charge in [0.25, 0.3) is 5.91 Å². The van der Waals surface area contributed by atoms with Gasteiger partial charge in [-0.2, -0.15) is 9.82 Å². The molecule has 0 bridgehead atoms. The first-order valence-corrected chi connectivity index (χ1v) is 7.40. The lowest BCUT2D eigenvalue weighted by Gasteiger charge is -2.10. The Morgan fingerprint density at radius 3 is 2.76 bits per heavy atom. The van der Waals surface area contributed by atoms with Crippen molar-refractivity contribution in [3.05, 3.63) is 11.4 Å². The molecule has 21 heavy (non-hydrogen) atoms. The zero-order valence-electron chi connectivity index (χ0n) is 11.3. The van der Waals surface area contributed by atoms with Crippen LogP contribution in [0.3, 0.4) is 0 Å². The number of carboxylic acids is 1. The van der Waals surface area contributed by atoms with Gasteiger partial charge in [-0.05, 0) is 13.8 Å². The van der Waals surface area contributed by atoms with Crippen LogP contribution in [0.15, 0.2) is 4.90 Å². The van der Waals surface area contributed by atoms with Crippen LogP contribution in [0.1, 0.15) is 11.4 Å². The van der Waals surface area contributed by atoms with Crippen LogP contribution in [0, 0.1) is 13.8 Å². The van der Waals surface area contributed by atoms with Crippen LogP contribution in [0.2, 0.25) is 0 Å². The molecule has 0 radical (unpaired) electrons. The molecule has 1 aromatic rings. The number of carboxylic acid groups (broad SMARTS) is 1. The first-order valence-electron chi connectivity index (χ1n) is 5.92. The molecule has 0 spiro atoms. The summed E-state index contributed by atoms with van der Waals surface area (Å²) in [5.74, 6) is -1.73. The number of nitrogens with one attached hydrogen (secondary N) is 2. The highest BCUT2D eigenvalue weighted by atomic mass is 32.2. The minimum absolute atomic E-state index is 0.126. The first-order chi connectivity index (χ1) is 9.72. The van der Waals surface area contributed by atoms with Crippen molar-refractivity contribution in [2.45, 2.75) is 31.3 Å². The van der Waals surface area contributed by atoms with Crippen LogP contribution in [0.5, 0.6) is 0 Å². The van der Waals surface area contributed by atoms with E-state index >= 15 is 0 Å². The molecular formula is C10H14N4O6S. The Balaban J connectivity index is 2.33. The van der Waals surface area contributed by atoms with E-state index in [1.54, 1.807) is 0 Å². The molecule has 10 nitrogen and oxygen atoms in total. The number of hydroxylamine groups is 1. The summed E-state index contributed by atoms with van der Waals surface area (Å²) in [4.78, 5) is 26.6. The highest BCUT2D eigenvalue weighted by Gasteiger charge is 2.33. The van der Waals surface area contributed by atoms with E-state index in [0.29, 0.717) is 0 Å². The number of nitrogens with zero attached hydrogens (tertiary/aromatic N) is 2. The van der Waals surface area contributed by atoms with Crippen molar-refractivity contribution < 1.29 is 28.0 Å². The fraction of sp³-hybridized carbons (Fsp3) is 0.500. The third-order valence-corrected chi connectivity index (χ3v) is 4.63. The molecule has 116 valence electrons. The number of aliphatic carboxylic acids is 1. The third-order valence-electron chi connectivity index (χ3n) is 2.91. The lowest BCUT2D eigenvalue weighted by Crippen LogP contribution is -2.41. The van der Waals surface area contributed by atoms with Crippen LogP contribution < -0.4 is 10.2 Å². The van der Waals surface area contributed by atoms with E-state index in [1.807, 2.05) is 5.48 Å². The van der Waals surface area contributed by atoms with Gasteiger partial charge in [0, 0.05) is 0 Å². The normalized spacial score (nSPS) is 18.8. The van der Waals surface area contributed by atoms with Crippen molar-refractivity contribution in [3.63, 3.8) is 0 Å². The molecule has 2 heterocycles. The summed E-state index contributed by atoms with van der Waals surface area (Å²) in [6.07, 6.45) is 0. The summed E-state index contributed by atoms with van der Waals surface area (Å²) in [5.41, 5.74) is 2.38. The van der Waals surface area contributed by atoms with Gasteiger partial charge in [0.1, 0.15) is 24.1 Å². The number of carbonyl (C=O) groups excluding carboxylic acids is 1. The van der Waals surface area contributed by atoms with E-state index in [1.165, 1.54) is 13.8 Å². The van der Waals surface area contributed by atoms with Gasteiger partial charge in [-0.3, -0.25) is 19.1 Å². The van der Waals surface area contributed by atoms with Crippen LogP contribution in [-0.4, -0.2) is 47.8 Å². The zero-order chi connectivity index (χ0) is 15.8. The molecule has 1 fully saturated rings. The molecule has 1 amide bonds. The molecule has 1 aliphatic heterocycles. The summed E-state index contributed by atoms with van der Waals surface area (Å²) < 4.78 is 27.9. The molecule has 1 aliphatic rings. The van der Waals surface area contributed by atoms with Gasteiger partial charge in [0.15, 0.2) is 0 Å². The molecule has 0 saturated carbocycles. The molecule has 1 saturated heterocycles. The Hall–Kier alpha value is -1.98. The monoisotopic (exact) mass is 318 g/mol. The number of aryl methyl sites for hydroxylation is 1. The van der Waals surface area contributed by atoms with Crippen molar-refractivity contribution in [1.82, 2.24) is 20.0 Å². The standard InChI is InChI=1S/C10H14N4O6S/c1-5-9(6(2)14(11-5)3-8(15)16)21(18,19)13-7-4-20-12-10(7)17/h7,13H,3-4H2,1-2H3,(H,12,17)(H,15,16)/t7-/m1/s1. The van der Waals surface area contributed by atoms with Crippen molar-refractivity contribution in [2.24, 2.45) is 0 Å². The maximum atomic E-state index is 12.3. The second-order valence-corrected chi connectivity index (χ2v) is 6.15. The highest BCUT2D eigenvalue weighted by Crippen LogP contribution is 2.20. The number of rotatable bonds is 5. The summed E-state index contributed by atoms with van der Waals surface area (Å²) in [6, 6.07) is -1.03. The Morgan fingerprint density at radius 2 is 2.24 bits per heavy atom. The molecule has 2 rings (SSSR count). The lowest BCUT2D eigenvalue weighted by atomic mass is 10.3. The quantitative estimate of drug-likeness (QED) is 0.587. The average molecular weight is 318 g/mol. The largest absolute Gasteiger partial charge is 0.480 e. The van der Waals surface area contributed by atoms with E-state index in [-0.39, 0.29) is 22.9 Å². The SMILES string of the molecule is Cc1nn(CC(=O)O)c(C)c1S(=O)(=O)N[C@@H]1CONC1=O. The van der Waals surface area contributed by atoms with Gasteiger partial charge in [-0.1, -0.05) is 0 Å². The summed E-state index contributed by atoms with van der Waals surface area (Å²) in [6.45, 7) is 2.32. The van der Waals surface area contributed by atoms with Gasteiger partial charge >= 0.3 is 5.97 Å². The maximum Gasteiger partial charge on any atom is 0.325 e. The Morgan fingerprint density at radius 1 is 1.57 bits per heavy atom. The Bertz CT molecular complexity index is 695. The smallest absolute Gasteiger partial charge is 0.325 e. The van der Waals surface area contributed by atoms with Gasteiger partial charge in [-0.25, -0.2) is 13.9 Å². The molecule has 1 aromatic heterocycles. The molecular weight excluding hydrogens is 304 g/mol. The second kappa shape index (κ2) is 5.42. The van der Waals surface area contributed by atoms with Gasteiger partial charge < -0.3 is 5.11 Å². The average Bonchev–Trinajstić information content (AvgIpc) is 2.83. The maximum absolute atomic E-state index is 12.3. The number of carbonyl (C=O) groups is 2. The molecule has 0 unspecified atom stereocenters. The fourth-order valence-electron chi connectivity index (χ4n) is 2.03. The van der Waals surface area contributed by atoms with Crippen LogP contribution >= 0.6 is 0 Å². The second-order valence-electron chi connectivity index (χ2n) is 4.50. The number of sulfonamides is 1. The fourth-order valence-corrected chi connectivity index (χ4v) is 3.62. The number of aromatic nitrogens is 2. The van der Waals surface area contributed by atoms with Gasteiger partial charge in [0.05, 0.1) is 11.4 Å². The van der Waals surface area contributed by atoms with E-state index in [9.17, 15) is 18.0 Å². The Labute approximate surface area is 120 Å². The van der Waals surface area contributed by atoms with E-state index in [0.717, 1.165) is 4.68 Å². The molecule has 11 heteroatoms. The predicted octanol–water partition coefficient (Wildman–Crippen LogP) is -1.71. The van der Waals surface area contributed by atoms with Gasteiger partial charge in [0.2, 0.25) is 10.0 Å². The van der Waals surface area contributed by atoms with Gasteiger partial charge in [-0.15, -0.1) is 0 Å². The topological polar surface area (TPSA) is 140 Å². The molecule has 0 aliphatic carbocycles. The van der Waals surface area contributed by atoms with Crippen molar-refractivity contribution in [1.29, 1.82) is 0 Å². The Kier molecular flexibility index (Phi) is 3.98. The van der Waals surface area contributed by atoms with E-state index in [4.69, 9.17) is 5.11 Å². The van der Waals surface area contributed by atoms with Crippen LogP contribution in [0.25, 0.3) is 0 Å². The van der Waals surface area contributed by atoms with E-state index < -0.39 is 34.5 Å². The highest BCUT2D eigenvalue weighted by molar-refractivity contribution is 7.89. The molecule has 1 atom stereocenters. The van der Waals surface area contributed by atoms with E-state index in [2.05, 4.69) is 14.7 Å². The van der Waals surface area contributed by atoms with Crippen LogP contribution in [0.4, 0.5) is 0 Å². The lowest BCUT2D eigenvalue weighted by molar-refractivity contribution is -0.138. The first kappa shape index (κ1) is 15.4. The summed E-state index contributed by atoms with van der Waals surface area (Å²) >= 11 is 0. The minimum Gasteiger partial charge on any atom is -0.480 e. The van der Waals surface area contributed by atoms with Crippen molar-refractivity contribution >= 4 is 21.9 Å². The third kappa shape index (κ3) is 3.04. The number of hydrogen-bond acceptors (Lipinski definition) is 6. The summed E-state index contributed by atoms with van der Waals surface area (Å²) in [7, 11) is -4.02. The molecule has 3 N–H and O–H groups in total. The molecule has 0 aromatic carbocycles. The number of hydrogen-bond donors (Lipinski definition) is 3. The number of amides is 1. The van der Waals surface area contributed by atoms with Crippen molar-refractivity contribution in [2.75, 3.05) is 6.61 Å². The summed E-state index contributed by atoms with van der Waals surface area (Å²) in [5, 5.41) is 12.7. The zero-order valence-corrected chi connectivity index (χ0v) is 12.1. The predicted molar refractivity (Wildman–Crippen MR) is 67.5 cm³/mol. The van der Waals surface area contributed by atoms with Crippen LogP contribution in [-0.2, 0) is 31.0 Å².